The molecule has 75 heavy (non-hydrogen) atoms. The molecule has 2 saturated carbocycles. The number of hydrogen-bond acceptors (Lipinski definition) is 13. The maximum Gasteiger partial charge on any atom is 0.293 e. The van der Waals surface area contributed by atoms with E-state index in [-0.39, 0.29) is 46.3 Å². The van der Waals surface area contributed by atoms with Crippen LogP contribution in [0.5, 0.6) is 17.2 Å². The Hall–Kier alpha value is -7.02. The fraction of sp³-hybridized carbons (Fsp3) is 0.421. The summed E-state index contributed by atoms with van der Waals surface area (Å²) < 4.78 is 41.6. The number of hydrogen-bond donors (Lipinski definition) is 4. The van der Waals surface area contributed by atoms with Crippen LogP contribution in [0.25, 0.3) is 11.0 Å². The summed E-state index contributed by atoms with van der Waals surface area (Å²) in [5, 5.41) is 26.5. The van der Waals surface area contributed by atoms with Crippen LogP contribution in [0.3, 0.4) is 0 Å². The summed E-state index contributed by atoms with van der Waals surface area (Å²) in [6, 6.07) is 28.8. The highest BCUT2D eigenvalue weighted by molar-refractivity contribution is 7.90. The number of nitrogens with zero attached hydrogens (tertiary/aromatic N) is 5. The second-order valence-corrected chi connectivity index (χ2v) is 23.4. The number of methoxy groups -OCH3 is 1. The standard InChI is InChI=1S/C57H66N8O9S/c1-37(2)46-7-5-6-8-47(46)51-35-62(34-39-9-12-43(73-4)13-10-39)36-53(66)64(51)42-30-57(31-42)22-25-63(26-23-57)41-11-15-48(52(28-41)74-44-27-40-19-24-58-54(40)60-33-44)55(67)61-75(71,72)45-14-16-49(50(29-45)65(69)70)59-32-38-17-20-56(3,68)21-18-38/h5-16,19,24,27-29,33,37-38,42,51,59,68H,17-18,20-23,25-26,30-32,34-36H2,1-4H3,(H,58,60)(H,61,67)/t38-,51?,56-. The van der Waals surface area contributed by atoms with Crippen LogP contribution in [-0.4, -0.2) is 102 Å². The molecule has 4 aromatic carbocycles. The van der Waals surface area contributed by atoms with Gasteiger partial charge in [-0.15, -0.1) is 0 Å². The largest absolute Gasteiger partial charge is 0.497 e. The van der Waals surface area contributed by atoms with Crippen LogP contribution in [0.2, 0.25) is 0 Å². The van der Waals surface area contributed by atoms with Gasteiger partial charge in [0.2, 0.25) is 5.91 Å². The Morgan fingerprint density at radius 3 is 2.43 bits per heavy atom. The molecule has 2 aliphatic carbocycles. The molecule has 2 saturated heterocycles. The van der Waals surface area contributed by atoms with E-state index < -0.39 is 37.0 Å². The molecule has 10 rings (SSSR count). The molecular formula is C57H66N8O9S. The van der Waals surface area contributed by atoms with Gasteiger partial charge < -0.3 is 34.7 Å². The average molecular weight is 1040 g/mol. The van der Waals surface area contributed by atoms with Gasteiger partial charge in [-0.05, 0) is 141 Å². The van der Waals surface area contributed by atoms with Crippen LogP contribution in [0.4, 0.5) is 17.1 Å². The zero-order valence-corrected chi connectivity index (χ0v) is 43.8. The molecule has 1 atom stereocenters. The number of pyridine rings is 1. The first-order valence-corrected chi connectivity index (χ1v) is 27.5. The second-order valence-electron chi connectivity index (χ2n) is 21.7. The van der Waals surface area contributed by atoms with E-state index in [4.69, 9.17) is 9.47 Å². The van der Waals surface area contributed by atoms with Crippen molar-refractivity contribution >= 4 is 49.9 Å². The number of carbonyl (C=O) groups is 2. The highest BCUT2D eigenvalue weighted by atomic mass is 32.2. The van der Waals surface area contributed by atoms with Gasteiger partial charge in [0.15, 0.2) is 0 Å². The molecular weight excluding hydrogens is 973 g/mol. The number of sulfonamides is 1. The van der Waals surface area contributed by atoms with E-state index in [1.54, 1.807) is 38.4 Å². The lowest BCUT2D eigenvalue weighted by molar-refractivity contribution is -0.384. The number of nitro groups is 1. The van der Waals surface area contributed by atoms with Gasteiger partial charge in [0.1, 0.15) is 28.6 Å². The first-order valence-electron chi connectivity index (χ1n) is 26.0. The SMILES string of the molecule is COc1ccc(CN2CC(=O)N(C3CC4(CCN(c5ccc(C(=O)NS(=O)(=O)c6ccc(NC[C@H]7CC[C@](C)(O)CC7)c([N+](=O)[O-])c6)c(Oc6cnc7[nH]ccc7c6)c5)CC4)C3)C(c3ccccc3C(C)C)C2)cc1. The molecule has 4 N–H and O–H groups in total. The quantitative estimate of drug-likeness (QED) is 0.0526. The van der Waals surface area contributed by atoms with Crippen LogP contribution in [-0.2, 0) is 21.4 Å². The van der Waals surface area contributed by atoms with Gasteiger partial charge in [0, 0.05) is 68.2 Å². The fourth-order valence-corrected chi connectivity index (χ4v) is 12.8. The lowest BCUT2D eigenvalue weighted by atomic mass is 9.59. The molecule has 4 heterocycles. The maximum atomic E-state index is 14.4. The van der Waals surface area contributed by atoms with Crippen molar-refractivity contribution in [1.29, 1.82) is 0 Å². The normalized spacial score (nSPS) is 21.3. The fourth-order valence-electron chi connectivity index (χ4n) is 11.8. The number of fused-ring (bicyclic) bond motifs is 1. The monoisotopic (exact) mass is 1040 g/mol. The smallest absolute Gasteiger partial charge is 0.293 e. The Labute approximate surface area is 437 Å². The minimum atomic E-state index is -4.61. The zero-order chi connectivity index (χ0) is 52.6. The van der Waals surface area contributed by atoms with Crippen molar-refractivity contribution in [3.63, 3.8) is 0 Å². The van der Waals surface area contributed by atoms with E-state index in [0.29, 0.717) is 49.8 Å². The Kier molecular flexibility index (Phi) is 14.4. The molecule has 4 aliphatic rings. The molecule has 2 amide bonds. The summed E-state index contributed by atoms with van der Waals surface area (Å²) in [7, 11) is -2.95. The number of ether oxygens (including phenoxy) is 2. The van der Waals surface area contributed by atoms with Crippen molar-refractivity contribution < 1.29 is 37.5 Å². The molecule has 6 aromatic rings. The number of rotatable bonds is 16. The number of aliphatic hydroxyl groups is 1. The maximum absolute atomic E-state index is 14.4. The lowest BCUT2D eigenvalue weighted by Gasteiger charge is -2.58. The van der Waals surface area contributed by atoms with Gasteiger partial charge in [0.25, 0.3) is 21.6 Å². The number of nitro benzene ring substituents is 1. The number of aromatic nitrogens is 2. The molecule has 18 heteroatoms. The number of piperazine rings is 1. The molecule has 17 nitrogen and oxygen atoms in total. The molecule has 4 fully saturated rings. The summed E-state index contributed by atoms with van der Waals surface area (Å²) in [4.78, 5) is 53.9. The Bertz CT molecular complexity index is 3190. The average Bonchev–Trinajstić information content (AvgIpc) is 3.86. The van der Waals surface area contributed by atoms with Gasteiger partial charge in [0.05, 0.1) is 46.9 Å². The summed E-state index contributed by atoms with van der Waals surface area (Å²) in [6.45, 7) is 9.84. The number of nitrogens with one attached hydrogen (secondary N) is 3. The van der Waals surface area contributed by atoms with Crippen molar-refractivity contribution in [2.24, 2.45) is 11.3 Å². The number of amides is 2. The van der Waals surface area contributed by atoms with Crippen molar-refractivity contribution in [3.05, 3.63) is 142 Å². The van der Waals surface area contributed by atoms with Gasteiger partial charge in [-0.1, -0.05) is 50.2 Å². The summed E-state index contributed by atoms with van der Waals surface area (Å²) in [5.74, 6) is 0.895. The third-order valence-electron chi connectivity index (χ3n) is 16.2. The van der Waals surface area contributed by atoms with E-state index in [1.807, 2.05) is 18.2 Å². The molecule has 0 bridgehead atoms. The third kappa shape index (κ3) is 11.2. The van der Waals surface area contributed by atoms with Crippen molar-refractivity contribution in [2.75, 3.05) is 50.1 Å². The van der Waals surface area contributed by atoms with Crippen molar-refractivity contribution in [3.8, 4) is 17.2 Å². The molecule has 2 aliphatic heterocycles. The third-order valence-corrected chi connectivity index (χ3v) is 17.5. The second kappa shape index (κ2) is 20.9. The predicted octanol–water partition coefficient (Wildman–Crippen LogP) is 9.70. The molecule has 1 spiro atoms. The molecule has 1 unspecified atom stereocenters. The van der Waals surface area contributed by atoms with Crippen molar-refractivity contribution in [1.82, 2.24) is 24.5 Å². The lowest BCUT2D eigenvalue weighted by Crippen LogP contribution is -2.62. The summed E-state index contributed by atoms with van der Waals surface area (Å²) in [5.41, 5.74) is 4.03. The van der Waals surface area contributed by atoms with Gasteiger partial charge in [-0.25, -0.2) is 18.1 Å². The van der Waals surface area contributed by atoms with Gasteiger partial charge in [-0.3, -0.25) is 24.6 Å². The zero-order valence-electron chi connectivity index (χ0n) is 43.0. The van der Waals surface area contributed by atoms with E-state index in [0.717, 1.165) is 86.6 Å². The number of piperidine rings is 1. The number of H-pyrrole nitrogens is 1. The Morgan fingerprint density at radius 2 is 1.71 bits per heavy atom. The van der Waals surface area contributed by atoms with Crippen LogP contribution in [0.15, 0.2) is 114 Å². The highest BCUT2D eigenvalue weighted by Gasteiger charge is 2.52. The summed E-state index contributed by atoms with van der Waals surface area (Å²) >= 11 is 0. The van der Waals surface area contributed by atoms with Crippen LogP contribution < -0.4 is 24.4 Å². The Morgan fingerprint density at radius 1 is 0.960 bits per heavy atom. The number of carbonyl (C=O) groups excluding carboxylic acids is 2. The van der Waals surface area contributed by atoms with Crippen molar-refractivity contribution in [2.45, 2.75) is 107 Å². The minimum absolute atomic E-state index is 0.0617. The molecule has 2 aromatic heterocycles. The Balaban J connectivity index is 0.839. The topological polar surface area (TPSA) is 213 Å². The summed E-state index contributed by atoms with van der Waals surface area (Å²) in [6.07, 6.45) is 9.65. The number of benzene rings is 4. The van der Waals surface area contributed by atoms with Crippen LogP contribution in [0.1, 0.15) is 111 Å². The molecule has 394 valence electrons. The van der Waals surface area contributed by atoms with Crippen LogP contribution in [0, 0.1) is 21.4 Å². The van der Waals surface area contributed by atoms with Gasteiger partial charge in [-0.2, -0.15) is 0 Å². The van der Waals surface area contributed by atoms with E-state index in [2.05, 4.69) is 85.0 Å². The van der Waals surface area contributed by atoms with E-state index in [9.17, 15) is 33.2 Å². The number of anilines is 2. The predicted molar refractivity (Wildman–Crippen MR) is 287 cm³/mol. The highest BCUT2D eigenvalue weighted by Crippen LogP contribution is 2.54. The van der Waals surface area contributed by atoms with E-state index >= 15 is 0 Å². The van der Waals surface area contributed by atoms with Gasteiger partial charge >= 0.3 is 0 Å². The first kappa shape index (κ1) is 51.5. The number of aromatic amines is 1. The van der Waals surface area contributed by atoms with Crippen LogP contribution >= 0.6 is 0 Å². The minimum Gasteiger partial charge on any atom is -0.497 e. The van der Waals surface area contributed by atoms with E-state index in [1.165, 1.54) is 35.5 Å². The molecule has 0 radical (unpaired) electrons. The first-order chi connectivity index (χ1) is 35.9.